The van der Waals surface area contributed by atoms with Gasteiger partial charge in [0.2, 0.25) is 0 Å². The minimum atomic E-state index is -0.279. The van der Waals surface area contributed by atoms with E-state index < -0.39 is 0 Å². The highest BCUT2D eigenvalue weighted by Gasteiger charge is 2.15. The smallest absolute Gasteiger partial charge is 0.259 e. The van der Waals surface area contributed by atoms with Gasteiger partial charge in [0.15, 0.2) is 0 Å². The summed E-state index contributed by atoms with van der Waals surface area (Å²) in [6.07, 6.45) is 0. The number of methoxy groups -OCH3 is 3. The van der Waals surface area contributed by atoms with Crippen LogP contribution >= 0.6 is 0 Å². The molecule has 1 amide bonds. The lowest BCUT2D eigenvalue weighted by atomic mass is 10.1. The third kappa shape index (κ3) is 3.25. The fourth-order valence-corrected chi connectivity index (χ4v) is 1.92. The van der Waals surface area contributed by atoms with Crippen molar-refractivity contribution >= 4 is 11.6 Å². The largest absolute Gasteiger partial charge is 0.497 e. The molecule has 0 aromatic heterocycles. The Morgan fingerprint density at radius 1 is 0.905 bits per heavy atom. The molecule has 2 aromatic rings. The summed E-state index contributed by atoms with van der Waals surface area (Å²) in [6, 6.07) is 12.2. The van der Waals surface area contributed by atoms with Crippen molar-refractivity contribution in [3.63, 3.8) is 0 Å². The average Bonchev–Trinajstić information content (AvgIpc) is 2.54. The lowest BCUT2D eigenvalue weighted by Crippen LogP contribution is -2.13. The van der Waals surface area contributed by atoms with Crippen molar-refractivity contribution in [2.24, 2.45) is 0 Å². The minimum Gasteiger partial charge on any atom is -0.497 e. The van der Waals surface area contributed by atoms with Gasteiger partial charge in [-0.3, -0.25) is 4.79 Å². The molecule has 21 heavy (non-hydrogen) atoms. The number of ether oxygens (including phenoxy) is 3. The maximum Gasteiger partial charge on any atom is 0.259 e. The number of amides is 1. The highest BCUT2D eigenvalue weighted by Crippen LogP contribution is 2.28. The zero-order valence-electron chi connectivity index (χ0n) is 12.2. The fourth-order valence-electron chi connectivity index (χ4n) is 1.92. The summed E-state index contributed by atoms with van der Waals surface area (Å²) in [6.45, 7) is 0. The Morgan fingerprint density at radius 2 is 1.62 bits per heavy atom. The Balaban J connectivity index is 2.28. The Hall–Kier alpha value is -2.69. The molecule has 0 aliphatic rings. The van der Waals surface area contributed by atoms with Crippen LogP contribution in [-0.4, -0.2) is 27.2 Å². The van der Waals surface area contributed by atoms with Crippen molar-refractivity contribution in [3.8, 4) is 17.2 Å². The Morgan fingerprint density at radius 3 is 2.29 bits per heavy atom. The molecule has 0 bridgehead atoms. The number of anilines is 1. The third-order valence-electron chi connectivity index (χ3n) is 3.01. The highest BCUT2D eigenvalue weighted by atomic mass is 16.5. The first kappa shape index (κ1) is 14.7. The normalized spacial score (nSPS) is 9.86. The van der Waals surface area contributed by atoms with Crippen LogP contribution in [0.1, 0.15) is 10.4 Å². The number of carbonyl (C=O) groups is 1. The summed E-state index contributed by atoms with van der Waals surface area (Å²) in [5.74, 6) is 1.39. The lowest BCUT2D eigenvalue weighted by molar-refractivity contribution is 0.102. The molecule has 2 aromatic carbocycles. The summed E-state index contributed by atoms with van der Waals surface area (Å²) >= 11 is 0. The second-order valence-corrected chi connectivity index (χ2v) is 4.22. The van der Waals surface area contributed by atoms with Crippen LogP contribution in [0.5, 0.6) is 17.2 Å². The van der Waals surface area contributed by atoms with Gasteiger partial charge in [0.05, 0.1) is 32.6 Å². The van der Waals surface area contributed by atoms with E-state index in [1.807, 2.05) is 12.1 Å². The number of hydrogen-bond acceptors (Lipinski definition) is 4. The van der Waals surface area contributed by atoms with Gasteiger partial charge in [-0.05, 0) is 24.3 Å². The van der Waals surface area contributed by atoms with Crippen LogP contribution in [0, 0.1) is 0 Å². The maximum atomic E-state index is 12.4. The number of para-hydroxylation sites is 2. The highest BCUT2D eigenvalue weighted by molar-refractivity contribution is 6.07. The molecule has 0 radical (unpaired) electrons. The molecule has 0 saturated carbocycles. The summed E-state index contributed by atoms with van der Waals surface area (Å²) in [5.41, 5.74) is 1.02. The van der Waals surface area contributed by atoms with Gasteiger partial charge in [0.25, 0.3) is 5.91 Å². The molecule has 2 rings (SSSR count). The van der Waals surface area contributed by atoms with E-state index >= 15 is 0 Å². The van der Waals surface area contributed by atoms with Gasteiger partial charge in [-0.2, -0.15) is 0 Å². The molecule has 0 spiro atoms. The Bertz CT molecular complexity index is 640. The van der Waals surface area contributed by atoms with Crippen molar-refractivity contribution in [1.82, 2.24) is 0 Å². The van der Waals surface area contributed by atoms with Crippen molar-refractivity contribution in [2.75, 3.05) is 26.6 Å². The monoisotopic (exact) mass is 287 g/mol. The molecule has 0 unspecified atom stereocenters. The van der Waals surface area contributed by atoms with Gasteiger partial charge in [-0.1, -0.05) is 12.1 Å². The first-order chi connectivity index (χ1) is 10.2. The van der Waals surface area contributed by atoms with Crippen molar-refractivity contribution < 1.29 is 19.0 Å². The first-order valence-corrected chi connectivity index (χ1v) is 6.36. The Kier molecular flexibility index (Phi) is 4.66. The van der Waals surface area contributed by atoms with Gasteiger partial charge < -0.3 is 19.5 Å². The van der Waals surface area contributed by atoms with Crippen molar-refractivity contribution in [2.45, 2.75) is 0 Å². The summed E-state index contributed by atoms with van der Waals surface area (Å²) < 4.78 is 15.6. The zero-order chi connectivity index (χ0) is 15.2. The fraction of sp³-hybridized carbons (Fsp3) is 0.188. The summed E-state index contributed by atoms with van der Waals surface area (Å²) in [7, 11) is 4.62. The predicted octanol–water partition coefficient (Wildman–Crippen LogP) is 2.96. The van der Waals surface area contributed by atoms with E-state index in [9.17, 15) is 4.79 Å². The predicted molar refractivity (Wildman–Crippen MR) is 80.5 cm³/mol. The standard InChI is InChI=1S/C16H17NO4/c1-19-11-8-9-12(15(10-11)21-3)16(18)17-13-6-4-5-7-14(13)20-2/h4-10H,1-3H3,(H,17,18). The van der Waals surface area contributed by atoms with Crippen LogP contribution in [0.3, 0.4) is 0 Å². The molecule has 0 aliphatic carbocycles. The number of carbonyl (C=O) groups excluding carboxylic acids is 1. The zero-order valence-corrected chi connectivity index (χ0v) is 12.2. The van der Waals surface area contributed by atoms with Crippen molar-refractivity contribution in [3.05, 3.63) is 48.0 Å². The van der Waals surface area contributed by atoms with E-state index in [0.717, 1.165) is 0 Å². The van der Waals surface area contributed by atoms with Gasteiger partial charge in [-0.15, -0.1) is 0 Å². The number of benzene rings is 2. The molecule has 0 aliphatic heterocycles. The molecule has 0 atom stereocenters. The van der Waals surface area contributed by atoms with Gasteiger partial charge in [0.1, 0.15) is 17.2 Å². The molecular weight excluding hydrogens is 270 g/mol. The first-order valence-electron chi connectivity index (χ1n) is 6.36. The van der Waals surface area contributed by atoms with E-state index in [0.29, 0.717) is 28.5 Å². The second-order valence-electron chi connectivity index (χ2n) is 4.22. The van der Waals surface area contributed by atoms with Crippen LogP contribution in [0.15, 0.2) is 42.5 Å². The maximum absolute atomic E-state index is 12.4. The Labute approximate surface area is 123 Å². The van der Waals surface area contributed by atoms with Crippen LogP contribution in [0.4, 0.5) is 5.69 Å². The second kappa shape index (κ2) is 6.65. The van der Waals surface area contributed by atoms with E-state index in [1.54, 1.807) is 44.6 Å². The summed E-state index contributed by atoms with van der Waals surface area (Å²) in [5, 5.41) is 2.81. The van der Waals surface area contributed by atoms with Crippen LogP contribution in [0.25, 0.3) is 0 Å². The van der Waals surface area contributed by atoms with Crippen LogP contribution in [0.2, 0.25) is 0 Å². The van der Waals surface area contributed by atoms with E-state index in [2.05, 4.69) is 5.32 Å². The molecule has 0 heterocycles. The topological polar surface area (TPSA) is 56.8 Å². The summed E-state index contributed by atoms with van der Waals surface area (Å²) in [4.78, 5) is 12.4. The van der Waals surface area contributed by atoms with Crippen LogP contribution in [-0.2, 0) is 0 Å². The number of rotatable bonds is 5. The molecule has 1 N–H and O–H groups in total. The van der Waals surface area contributed by atoms with E-state index in [-0.39, 0.29) is 5.91 Å². The van der Waals surface area contributed by atoms with Gasteiger partial charge in [0, 0.05) is 6.07 Å². The molecule has 0 fully saturated rings. The van der Waals surface area contributed by atoms with Crippen LogP contribution < -0.4 is 19.5 Å². The lowest BCUT2D eigenvalue weighted by Gasteiger charge is -2.12. The molecule has 110 valence electrons. The minimum absolute atomic E-state index is 0.279. The molecule has 5 nitrogen and oxygen atoms in total. The quantitative estimate of drug-likeness (QED) is 0.918. The SMILES string of the molecule is COc1ccc(C(=O)Nc2ccccc2OC)c(OC)c1. The van der Waals surface area contributed by atoms with Crippen molar-refractivity contribution in [1.29, 1.82) is 0 Å². The molecular formula is C16H17NO4. The van der Waals surface area contributed by atoms with E-state index in [1.165, 1.54) is 7.11 Å². The van der Waals surface area contributed by atoms with Gasteiger partial charge in [-0.25, -0.2) is 0 Å². The molecule has 0 saturated heterocycles. The average molecular weight is 287 g/mol. The van der Waals surface area contributed by atoms with E-state index in [4.69, 9.17) is 14.2 Å². The number of hydrogen-bond donors (Lipinski definition) is 1. The number of nitrogens with one attached hydrogen (secondary N) is 1. The molecule has 5 heteroatoms. The van der Waals surface area contributed by atoms with Gasteiger partial charge >= 0.3 is 0 Å². The third-order valence-corrected chi connectivity index (χ3v) is 3.01.